The Morgan fingerprint density at radius 3 is 2.95 bits per heavy atom. The topological polar surface area (TPSA) is 47.0 Å². The van der Waals surface area contributed by atoms with Crippen LogP contribution in [0.3, 0.4) is 0 Å². The Kier molecular flexibility index (Phi) is 5.12. The van der Waals surface area contributed by atoms with E-state index >= 15 is 0 Å². The van der Waals surface area contributed by atoms with Gasteiger partial charge in [0.25, 0.3) is 0 Å². The Morgan fingerprint density at radius 2 is 2.11 bits per heavy atom. The Balaban J connectivity index is 1.98. The predicted molar refractivity (Wildman–Crippen MR) is 78.7 cm³/mol. The van der Waals surface area contributed by atoms with Crippen LogP contribution in [-0.2, 0) is 4.74 Å². The molecule has 0 saturated heterocycles. The van der Waals surface area contributed by atoms with Crippen molar-refractivity contribution in [3.05, 3.63) is 42.2 Å². The molecule has 0 saturated carbocycles. The van der Waals surface area contributed by atoms with Crippen LogP contribution in [0.2, 0.25) is 5.28 Å². The van der Waals surface area contributed by atoms with Gasteiger partial charge in [-0.25, -0.2) is 9.97 Å². The molecule has 0 amide bonds. The molecule has 0 aliphatic rings. The van der Waals surface area contributed by atoms with Gasteiger partial charge in [0.1, 0.15) is 5.82 Å². The van der Waals surface area contributed by atoms with E-state index in [-0.39, 0.29) is 5.28 Å². The van der Waals surface area contributed by atoms with Crippen LogP contribution in [0.5, 0.6) is 0 Å². The molecule has 0 atom stereocenters. The molecule has 2 rings (SSSR count). The van der Waals surface area contributed by atoms with Crippen molar-refractivity contribution in [2.75, 3.05) is 25.1 Å². The largest absolute Gasteiger partial charge is 0.379 e. The second-order valence-electron chi connectivity index (χ2n) is 3.97. The minimum absolute atomic E-state index is 0.244. The van der Waals surface area contributed by atoms with Crippen LogP contribution >= 0.6 is 11.6 Å². The normalized spacial score (nSPS) is 10.6. The van der Waals surface area contributed by atoms with Crippen LogP contribution in [0.25, 0.3) is 10.9 Å². The first kappa shape index (κ1) is 13.8. The van der Waals surface area contributed by atoms with E-state index in [4.69, 9.17) is 16.3 Å². The van der Waals surface area contributed by atoms with E-state index in [0.29, 0.717) is 19.8 Å². The molecule has 2 aromatic rings. The second kappa shape index (κ2) is 7.07. The lowest BCUT2D eigenvalue weighted by Crippen LogP contribution is -2.11. The van der Waals surface area contributed by atoms with Crippen molar-refractivity contribution in [3.63, 3.8) is 0 Å². The number of benzene rings is 1. The molecule has 0 bridgehead atoms. The quantitative estimate of drug-likeness (QED) is 0.479. The van der Waals surface area contributed by atoms with Crippen molar-refractivity contribution in [3.8, 4) is 0 Å². The molecule has 0 unspecified atom stereocenters. The second-order valence-corrected chi connectivity index (χ2v) is 4.31. The van der Waals surface area contributed by atoms with Gasteiger partial charge in [0.2, 0.25) is 5.28 Å². The number of anilines is 1. The number of hydrogen-bond acceptors (Lipinski definition) is 4. The van der Waals surface area contributed by atoms with E-state index in [1.54, 1.807) is 0 Å². The molecule has 0 radical (unpaired) electrons. The molecule has 1 heterocycles. The molecule has 1 N–H and O–H groups in total. The minimum atomic E-state index is 0.244. The van der Waals surface area contributed by atoms with Gasteiger partial charge in [-0.05, 0) is 30.2 Å². The zero-order valence-corrected chi connectivity index (χ0v) is 11.4. The molecular weight excluding hydrogens is 262 g/mol. The minimum Gasteiger partial charge on any atom is -0.379 e. The van der Waals surface area contributed by atoms with Gasteiger partial charge < -0.3 is 10.1 Å². The molecule has 100 valence electrons. The number of para-hydroxylation sites is 1. The lowest BCUT2D eigenvalue weighted by atomic mass is 10.2. The molecule has 0 spiro atoms. The van der Waals surface area contributed by atoms with Crippen molar-refractivity contribution in [2.24, 2.45) is 0 Å². The fourth-order valence-corrected chi connectivity index (χ4v) is 1.87. The zero-order chi connectivity index (χ0) is 13.5. The first-order chi connectivity index (χ1) is 9.31. The number of ether oxygens (including phenoxy) is 1. The summed E-state index contributed by atoms with van der Waals surface area (Å²) < 4.78 is 5.43. The van der Waals surface area contributed by atoms with Gasteiger partial charge in [-0.2, -0.15) is 0 Å². The summed E-state index contributed by atoms with van der Waals surface area (Å²) in [5, 5.41) is 4.42. The predicted octanol–water partition coefficient (Wildman–Crippen LogP) is 3.29. The van der Waals surface area contributed by atoms with Gasteiger partial charge in [-0.1, -0.05) is 18.2 Å². The molecule has 0 aliphatic heterocycles. The number of hydrogen-bond donors (Lipinski definition) is 1. The number of fused-ring (bicyclic) bond motifs is 1. The van der Waals surface area contributed by atoms with E-state index in [0.717, 1.165) is 23.1 Å². The SMILES string of the molecule is C=CCCOCCNc1nc(Cl)nc2ccccc12. The van der Waals surface area contributed by atoms with E-state index < -0.39 is 0 Å². The average molecular weight is 278 g/mol. The van der Waals surface area contributed by atoms with Crippen LogP contribution < -0.4 is 5.32 Å². The highest BCUT2D eigenvalue weighted by Gasteiger charge is 2.05. The molecule has 0 aliphatic carbocycles. The maximum Gasteiger partial charge on any atom is 0.224 e. The van der Waals surface area contributed by atoms with Gasteiger partial charge in [0, 0.05) is 11.9 Å². The zero-order valence-electron chi connectivity index (χ0n) is 10.6. The van der Waals surface area contributed by atoms with Gasteiger partial charge in [-0.15, -0.1) is 6.58 Å². The van der Waals surface area contributed by atoms with Crippen molar-refractivity contribution < 1.29 is 4.74 Å². The summed E-state index contributed by atoms with van der Waals surface area (Å²) in [5.74, 6) is 0.739. The van der Waals surface area contributed by atoms with E-state index in [1.165, 1.54) is 0 Å². The van der Waals surface area contributed by atoms with Crippen molar-refractivity contribution in [1.29, 1.82) is 0 Å². The fourth-order valence-electron chi connectivity index (χ4n) is 1.69. The maximum absolute atomic E-state index is 5.90. The van der Waals surface area contributed by atoms with Crippen LogP contribution in [0.1, 0.15) is 6.42 Å². The third kappa shape index (κ3) is 3.91. The summed E-state index contributed by atoms with van der Waals surface area (Å²) in [6.45, 7) is 5.62. The van der Waals surface area contributed by atoms with E-state index in [2.05, 4.69) is 21.9 Å². The molecular formula is C14H16ClN3O. The highest BCUT2D eigenvalue weighted by molar-refractivity contribution is 6.28. The first-order valence-electron chi connectivity index (χ1n) is 6.16. The van der Waals surface area contributed by atoms with Crippen LogP contribution in [0.4, 0.5) is 5.82 Å². The van der Waals surface area contributed by atoms with Crippen LogP contribution in [0, 0.1) is 0 Å². The summed E-state index contributed by atoms with van der Waals surface area (Å²) >= 11 is 5.90. The Bertz CT molecular complexity index is 559. The summed E-state index contributed by atoms with van der Waals surface area (Å²) in [5.41, 5.74) is 0.831. The number of nitrogens with zero attached hydrogens (tertiary/aromatic N) is 2. The van der Waals surface area contributed by atoms with Gasteiger partial charge in [0.15, 0.2) is 0 Å². The van der Waals surface area contributed by atoms with Crippen molar-refractivity contribution >= 4 is 28.3 Å². The number of aromatic nitrogens is 2. The molecule has 4 nitrogen and oxygen atoms in total. The van der Waals surface area contributed by atoms with Gasteiger partial charge in [-0.3, -0.25) is 0 Å². The summed E-state index contributed by atoms with van der Waals surface area (Å²) in [6, 6.07) is 7.75. The molecule has 19 heavy (non-hydrogen) atoms. The highest BCUT2D eigenvalue weighted by Crippen LogP contribution is 2.21. The standard InChI is InChI=1S/C14H16ClN3O/c1-2-3-9-19-10-8-16-13-11-6-4-5-7-12(11)17-14(15)18-13/h2,4-7H,1,3,8-10H2,(H,16,17,18). The van der Waals surface area contributed by atoms with E-state index in [1.807, 2.05) is 30.3 Å². The fraction of sp³-hybridized carbons (Fsp3) is 0.286. The summed E-state index contributed by atoms with van der Waals surface area (Å²) in [4.78, 5) is 8.38. The molecule has 0 fully saturated rings. The third-order valence-corrected chi connectivity index (χ3v) is 2.75. The van der Waals surface area contributed by atoms with Crippen molar-refractivity contribution in [1.82, 2.24) is 9.97 Å². The summed E-state index contributed by atoms with van der Waals surface area (Å²) in [7, 11) is 0. The highest BCUT2D eigenvalue weighted by atomic mass is 35.5. The van der Waals surface area contributed by atoms with Gasteiger partial charge in [0.05, 0.1) is 18.7 Å². The van der Waals surface area contributed by atoms with Gasteiger partial charge >= 0.3 is 0 Å². The smallest absolute Gasteiger partial charge is 0.224 e. The Morgan fingerprint density at radius 1 is 1.26 bits per heavy atom. The number of halogens is 1. The van der Waals surface area contributed by atoms with E-state index in [9.17, 15) is 0 Å². The first-order valence-corrected chi connectivity index (χ1v) is 6.54. The lowest BCUT2D eigenvalue weighted by Gasteiger charge is -2.09. The van der Waals surface area contributed by atoms with Crippen LogP contribution in [0.15, 0.2) is 36.9 Å². The number of rotatable bonds is 7. The molecule has 5 heteroatoms. The summed E-state index contributed by atoms with van der Waals surface area (Å²) in [6.07, 6.45) is 2.70. The van der Waals surface area contributed by atoms with Crippen LogP contribution in [-0.4, -0.2) is 29.7 Å². The average Bonchev–Trinajstić information content (AvgIpc) is 2.42. The molecule has 1 aromatic carbocycles. The third-order valence-electron chi connectivity index (χ3n) is 2.58. The lowest BCUT2D eigenvalue weighted by molar-refractivity contribution is 0.149. The maximum atomic E-state index is 5.90. The van der Waals surface area contributed by atoms with Crippen molar-refractivity contribution in [2.45, 2.75) is 6.42 Å². The Labute approximate surface area is 117 Å². The monoisotopic (exact) mass is 277 g/mol. The molecule has 1 aromatic heterocycles. The number of nitrogens with one attached hydrogen (secondary N) is 1. The Hall–Kier alpha value is -1.65.